The van der Waals surface area contributed by atoms with Crippen molar-refractivity contribution in [2.45, 2.75) is 79.1 Å². The molecule has 134 valence electrons. The highest BCUT2D eigenvalue weighted by atomic mass is 16.5. The van der Waals surface area contributed by atoms with Crippen molar-refractivity contribution in [1.82, 2.24) is 0 Å². The molecule has 0 radical (unpaired) electrons. The number of cyclic esters (lactones) is 2. The summed E-state index contributed by atoms with van der Waals surface area (Å²) in [5.74, 6) is 0.437. The first-order valence-corrected chi connectivity index (χ1v) is 9.12. The second-order valence-corrected chi connectivity index (χ2v) is 7.88. The van der Waals surface area contributed by atoms with Crippen molar-refractivity contribution in [1.29, 1.82) is 0 Å². The van der Waals surface area contributed by atoms with Crippen molar-refractivity contribution in [3.05, 3.63) is 0 Å². The lowest BCUT2D eigenvalue weighted by atomic mass is 9.70. The molecule has 0 N–H and O–H groups in total. The Morgan fingerprint density at radius 1 is 1.00 bits per heavy atom. The Balaban J connectivity index is 2.72. The average Bonchev–Trinajstić information content (AvgIpc) is 2.44. The minimum absolute atomic E-state index is 0.00450. The van der Waals surface area contributed by atoms with E-state index in [1.165, 1.54) is 0 Å². The Hall–Kier alpha value is -1.06. The topological polar surface area (TPSA) is 52.6 Å². The number of esters is 2. The summed E-state index contributed by atoms with van der Waals surface area (Å²) in [6.45, 7) is 9.79. The van der Waals surface area contributed by atoms with Crippen molar-refractivity contribution < 1.29 is 19.1 Å². The zero-order chi connectivity index (χ0) is 17.3. The number of ether oxygens (including phenoxy) is 2. The van der Waals surface area contributed by atoms with Gasteiger partial charge in [-0.05, 0) is 55.8 Å². The first kappa shape index (κ1) is 20.0. The van der Waals surface area contributed by atoms with Crippen LogP contribution in [0.15, 0.2) is 0 Å². The lowest BCUT2D eigenvalue weighted by Crippen LogP contribution is -2.29. The first-order chi connectivity index (χ1) is 10.8. The third-order valence-electron chi connectivity index (χ3n) is 4.71. The summed E-state index contributed by atoms with van der Waals surface area (Å²) >= 11 is 0. The summed E-state index contributed by atoms with van der Waals surface area (Å²) in [7, 11) is 0. The highest BCUT2D eigenvalue weighted by molar-refractivity contribution is 5.71. The van der Waals surface area contributed by atoms with E-state index in [1.54, 1.807) is 0 Å². The van der Waals surface area contributed by atoms with Crippen LogP contribution in [0.1, 0.15) is 79.1 Å². The van der Waals surface area contributed by atoms with Crippen LogP contribution >= 0.6 is 0 Å². The molecule has 1 aliphatic heterocycles. The van der Waals surface area contributed by atoms with Gasteiger partial charge in [-0.1, -0.05) is 27.7 Å². The van der Waals surface area contributed by atoms with E-state index in [0.29, 0.717) is 38.4 Å². The Labute approximate surface area is 141 Å². The molecule has 1 unspecified atom stereocenters. The van der Waals surface area contributed by atoms with Gasteiger partial charge in [0.2, 0.25) is 0 Å². The molecule has 0 aromatic carbocycles. The molecule has 4 heteroatoms. The van der Waals surface area contributed by atoms with Crippen LogP contribution in [0.2, 0.25) is 0 Å². The van der Waals surface area contributed by atoms with Gasteiger partial charge in [-0.2, -0.15) is 0 Å². The summed E-state index contributed by atoms with van der Waals surface area (Å²) in [5.41, 5.74) is 0.00450. The van der Waals surface area contributed by atoms with E-state index in [1.807, 2.05) is 0 Å². The quantitative estimate of drug-likeness (QED) is 0.716. The predicted molar refractivity (Wildman–Crippen MR) is 91.0 cm³/mol. The number of hydrogen-bond acceptors (Lipinski definition) is 4. The van der Waals surface area contributed by atoms with Crippen LogP contribution in [0.3, 0.4) is 0 Å². The summed E-state index contributed by atoms with van der Waals surface area (Å²) < 4.78 is 10.7. The Bertz CT molecular complexity index is 374. The maximum Gasteiger partial charge on any atom is 0.306 e. The molecule has 0 aliphatic carbocycles. The number of carbonyl (C=O) groups excluding carboxylic acids is 2. The van der Waals surface area contributed by atoms with Gasteiger partial charge in [-0.3, -0.25) is 9.59 Å². The van der Waals surface area contributed by atoms with Crippen LogP contribution in [-0.4, -0.2) is 25.2 Å². The first-order valence-electron chi connectivity index (χ1n) is 9.12. The fraction of sp³-hybridized carbons (Fsp3) is 0.895. The molecule has 4 nitrogen and oxygen atoms in total. The van der Waals surface area contributed by atoms with E-state index in [0.717, 1.165) is 32.1 Å². The molecular weight excluding hydrogens is 292 g/mol. The molecule has 0 spiro atoms. The Morgan fingerprint density at radius 2 is 1.57 bits per heavy atom. The fourth-order valence-electron chi connectivity index (χ4n) is 3.54. The highest BCUT2D eigenvalue weighted by Crippen LogP contribution is 2.39. The molecule has 0 aromatic heterocycles. The highest BCUT2D eigenvalue weighted by Gasteiger charge is 2.32. The summed E-state index contributed by atoms with van der Waals surface area (Å²) in [5, 5.41) is 0. The minimum Gasteiger partial charge on any atom is -0.466 e. The van der Waals surface area contributed by atoms with Crippen LogP contribution in [0, 0.1) is 17.3 Å². The maximum absolute atomic E-state index is 12.1. The van der Waals surface area contributed by atoms with Gasteiger partial charge in [0.15, 0.2) is 0 Å². The molecule has 23 heavy (non-hydrogen) atoms. The number of hydrogen-bond donors (Lipinski definition) is 0. The van der Waals surface area contributed by atoms with Gasteiger partial charge < -0.3 is 9.47 Å². The van der Waals surface area contributed by atoms with Crippen LogP contribution in [0.25, 0.3) is 0 Å². The molecule has 0 amide bonds. The standard InChI is InChI=1S/C19H34O4/c1-15(2)14-19(3,4)16-9-10-17(20)22-11-7-5-6-8-12-23-18(21)13-16/h15-16H,5-14H2,1-4H3. The van der Waals surface area contributed by atoms with E-state index in [9.17, 15) is 9.59 Å². The molecule has 1 rings (SSSR count). The molecule has 0 saturated carbocycles. The molecule has 1 atom stereocenters. The van der Waals surface area contributed by atoms with Crippen molar-refractivity contribution in [3.8, 4) is 0 Å². The van der Waals surface area contributed by atoms with E-state index < -0.39 is 0 Å². The largest absolute Gasteiger partial charge is 0.466 e. The number of rotatable bonds is 3. The fourth-order valence-corrected chi connectivity index (χ4v) is 3.54. The SMILES string of the molecule is CC(C)CC(C)(C)C1CCC(=O)OCCCCCCOC(=O)C1. The van der Waals surface area contributed by atoms with E-state index in [2.05, 4.69) is 27.7 Å². The van der Waals surface area contributed by atoms with Gasteiger partial charge in [0, 0.05) is 12.8 Å². The van der Waals surface area contributed by atoms with Crippen molar-refractivity contribution in [2.75, 3.05) is 13.2 Å². The summed E-state index contributed by atoms with van der Waals surface area (Å²) in [6, 6.07) is 0. The predicted octanol–water partition coefficient (Wildman–Crippen LogP) is 4.51. The van der Waals surface area contributed by atoms with Gasteiger partial charge in [0.25, 0.3) is 0 Å². The maximum atomic E-state index is 12.1. The van der Waals surface area contributed by atoms with Crippen molar-refractivity contribution >= 4 is 11.9 Å². The molecular formula is C19H34O4. The molecule has 1 heterocycles. The van der Waals surface area contributed by atoms with Crippen molar-refractivity contribution in [2.24, 2.45) is 17.3 Å². The second-order valence-electron chi connectivity index (χ2n) is 7.88. The monoisotopic (exact) mass is 326 g/mol. The van der Waals surface area contributed by atoms with Crippen LogP contribution in [0.4, 0.5) is 0 Å². The normalized spacial score (nSPS) is 23.1. The Morgan fingerprint density at radius 3 is 2.13 bits per heavy atom. The lowest BCUT2D eigenvalue weighted by molar-refractivity contribution is -0.148. The molecule has 1 aliphatic rings. The third kappa shape index (κ3) is 8.38. The molecule has 1 fully saturated rings. The van der Waals surface area contributed by atoms with E-state index in [-0.39, 0.29) is 23.3 Å². The average molecular weight is 326 g/mol. The zero-order valence-electron chi connectivity index (χ0n) is 15.4. The van der Waals surface area contributed by atoms with Gasteiger partial charge >= 0.3 is 11.9 Å². The summed E-state index contributed by atoms with van der Waals surface area (Å²) in [4.78, 5) is 24.0. The van der Waals surface area contributed by atoms with E-state index in [4.69, 9.17) is 9.47 Å². The zero-order valence-corrected chi connectivity index (χ0v) is 15.4. The van der Waals surface area contributed by atoms with Gasteiger partial charge in [-0.25, -0.2) is 0 Å². The van der Waals surface area contributed by atoms with Gasteiger partial charge in [0.1, 0.15) is 0 Å². The van der Waals surface area contributed by atoms with E-state index >= 15 is 0 Å². The molecule has 1 saturated heterocycles. The minimum atomic E-state index is -0.138. The summed E-state index contributed by atoms with van der Waals surface area (Å²) in [6.07, 6.45) is 6.30. The van der Waals surface area contributed by atoms with Crippen LogP contribution in [-0.2, 0) is 19.1 Å². The smallest absolute Gasteiger partial charge is 0.306 e. The second kappa shape index (κ2) is 9.94. The number of carbonyl (C=O) groups is 2. The van der Waals surface area contributed by atoms with Crippen LogP contribution in [0.5, 0.6) is 0 Å². The molecule has 0 aromatic rings. The van der Waals surface area contributed by atoms with Gasteiger partial charge in [-0.15, -0.1) is 0 Å². The van der Waals surface area contributed by atoms with Gasteiger partial charge in [0.05, 0.1) is 13.2 Å². The Kier molecular flexibility index (Phi) is 8.64. The lowest BCUT2D eigenvalue weighted by Gasteiger charge is -2.35. The molecule has 0 bridgehead atoms. The third-order valence-corrected chi connectivity index (χ3v) is 4.71. The van der Waals surface area contributed by atoms with Crippen molar-refractivity contribution in [3.63, 3.8) is 0 Å². The van der Waals surface area contributed by atoms with Crippen LogP contribution < -0.4 is 0 Å².